The Hall–Kier alpha value is -3.48. The standard InChI is InChI=1S/C31H33F3O4.C3H6/c1-31(2)14-6-8-25(31)23-15-20(27(33)17-22(23)24-16-21(36-3)11-12-26(24)32)18-38-28-9-5-7-19(30(28)34)10-13-29(35)37-4;1-2-3-1/h5,7,9,11-12,15-17,25H,6,8,10,13-14,18H2,1-4H3;1-3H2. The molecule has 5 rings (SSSR count). The second-order valence-corrected chi connectivity index (χ2v) is 11.5. The minimum absolute atomic E-state index is 0.0302. The lowest BCUT2D eigenvalue weighted by molar-refractivity contribution is -0.140. The van der Waals surface area contributed by atoms with Gasteiger partial charge in [-0.1, -0.05) is 51.7 Å². The molecule has 2 aliphatic carbocycles. The van der Waals surface area contributed by atoms with Gasteiger partial charge in [-0.3, -0.25) is 4.79 Å². The van der Waals surface area contributed by atoms with Crippen LogP contribution in [0, 0.1) is 22.9 Å². The molecule has 0 saturated heterocycles. The summed E-state index contributed by atoms with van der Waals surface area (Å²) >= 11 is 0. The molecule has 0 bridgehead atoms. The van der Waals surface area contributed by atoms with Gasteiger partial charge in [-0.25, -0.2) is 13.2 Å². The number of benzene rings is 3. The van der Waals surface area contributed by atoms with E-state index in [0.29, 0.717) is 16.9 Å². The van der Waals surface area contributed by atoms with Crippen molar-refractivity contribution in [1.29, 1.82) is 0 Å². The van der Waals surface area contributed by atoms with Crippen molar-refractivity contribution in [2.45, 2.75) is 77.7 Å². The Morgan fingerprint density at radius 1 is 0.902 bits per heavy atom. The Kier molecular flexibility index (Phi) is 10.0. The van der Waals surface area contributed by atoms with Crippen molar-refractivity contribution in [3.8, 4) is 22.6 Å². The summed E-state index contributed by atoms with van der Waals surface area (Å²) in [5, 5.41) is 0. The molecule has 0 aliphatic heterocycles. The third-order valence-corrected chi connectivity index (χ3v) is 7.92. The zero-order chi connectivity index (χ0) is 29.6. The molecule has 3 aromatic carbocycles. The molecule has 2 aliphatic rings. The van der Waals surface area contributed by atoms with Gasteiger partial charge in [0, 0.05) is 17.5 Å². The average Bonchev–Trinajstić information content (AvgIpc) is 3.81. The van der Waals surface area contributed by atoms with Gasteiger partial charge in [-0.2, -0.15) is 0 Å². The quantitative estimate of drug-likeness (QED) is 0.242. The van der Waals surface area contributed by atoms with E-state index in [1.54, 1.807) is 24.3 Å². The molecule has 0 spiro atoms. The number of hydrogen-bond donors (Lipinski definition) is 0. The smallest absolute Gasteiger partial charge is 0.305 e. The third-order valence-electron chi connectivity index (χ3n) is 7.92. The van der Waals surface area contributed by atoms with Crippen molar-refractivity contribution in [3.63, 3.8) is 0 Å². The van der Waals surface area contributed by atoms with E-state index >= 15 is 8.78 Å². The molecule has 0 aromatic heterocycles. The highest BCUT2D eigenvalue weighted by Gasteiger charge is 2.37. The molecule has 1 atom stereocenters. The van der Waals surface area contributed by atoms with E-state index in [1.165, 1.54) is 57.7 Å². The first-order valence-electron chi connectivity index (χ1n) is 14.3. The van der Waals surface area contributed by atoms with E-state index in [2.05, 4.69) is 18.6 Å². The molecule has 0 N–H and O–H groups in total. The maximum Gasteiger partial charge on any atom is 0.305 e. The van der Waals surface area contributed by atoms with Gasteiger partial charge in [-0.05, 0) is 83.7 Å². The molecule has 1 unspecified atom stereocenters. The Morgan fingerprint density at radius 3 is 2.29 bits per heavy atom. The number of esters is 1. The highest BCUT2D eigenvalue weighted by molar-refractivity contribution is 5.71. The van der Waals surface area contributed by atoms with Gasteiger partial charge in [0.15, 0.2) is 11.6 Å². The van der Waals surface area contributed by atoms with Crippen LogP contribution >= 0.6 is 0 Å². The highest BCUT2D eigenvalue weighted by Crippen LogP contribution is 2.51. The molecule has 4 nitrogen and oxygen atoms in total. The van der Waals surface area contributed by atoms with E-state index in [0.717, 1.165) is 24.8 Å². The van der Waals surface area contributed by atoms with Crippen LogP contribution < -0.4 is 9.47 Å². The van der Waals surface area contributed by atoms with Crippen LogP contribution in [-0.4, -0.2) is 20.2 Å². The summed E-state index contributed by atoms with van der Waals surface area (Å²) in [5.41, 5.74) is 2.11. The van der Waals surface area contributed by atoms with Crippen molar-refractivity contribution >= 4 is 5.97 Å². The fourth-order valence-corrected chi connectivity index (χ4v) is 5.37. The summed E-state index contributed by atoms with van der Waals surface area (Å²) in [5.74, 6) is -1.52. The highest BCUT2D eigenvalue weighted by atomic mass is 19.1. The summed E-state index contributed by atoms with van der Waals surface area (Å²) in [4.78, 5) is 11.5. The first-order chi connectivity index (χ1) is 19.6. The number of ether oxygens (including phenoxy) is 3. The van der Waals surface area contributed by atoms with E-state index in [4.69, 9.17) is 9.47 Å². The average molecular weight is 569 g/mol. The molecule has 7 heteroatoms. The molecule has 3 aromatic rings. The van der Waals surface area contributed by atoms with Crippen LogP contribution in [0.2, 0.25) is 0 Å². The predicted molar refractivity (Wildman–Crippen MR) is 154 cm³/mol. The molecule has 0 radical (unpaired) electrons. The zero-order valence-electron chi connectivity index (χ0n) is 24.3. The van der Waals surface area contributed by atoms with Gasteiger partial charge < -0.3 is 14.2 Å². The van der Waals surface area contributed by atoms with Crippen molar-refractivity contribution < 1.29 is 32.2 Å². The monoisotopic (exact) mass is 568 g/mol. The van der Waals surface area contributed by atoms with Gasteiger partial charge in [0.1, 0.15) is 24.0 Å². The first kappa shape index (κ1) is 30.5. The van der Waals surface area contributed by atoms with Gasteiger partial charge in [-0.15, -0.1) is 0 Å². The lowest BCUT2D eigenvalue weighted by atomic mass is 9.75. The fourth-order valence-electron chi connectivity index (χ4n) is 5.37. The van der Waals surface area contributed by atoms with Gasteiger partial charge in [0.25, 0.3) is 0 Å². The topological polar surface area (TPSA) is 44.8 Å². The molecule has 0 amide bonds. The largest absolute Gasteiger partial charge is 0.497 e. The molecule has 41 heavy (non-hydrogen) atoms. The van der Waals surface area contributed by atoms with Crippen LogP contribution in [0.4, 0.5) is 13.2 Å². The summed E-state index contributed by atoms with van der Waals surface area (Å²) in [7, 11) is 2.78. The van der Waals surface area contributed by atoms with Crippen LogP contribution in [0.5, 0.6) is 11.5 Å². The molecular formula is C34H39F3O4. The Balaban J connectivity index is 0.00000121. The Morgan fingerprint density at radius 2 is 1.66 bits per heavy atom. The normalized spacial score (nSPS) is 16.9. The third kappa shape index (κ3) is 7.63. The van der Waals surface area contributed by atoms with E-state index in [1.807, 2.05) is 0 Å². The number of carbonyl (C=O) groups excluding carboxylic acids is 1. The number of rotatable bonds is 9. The van der Waals surface area contributed by atoms with Crippen molar-refractivity contribution in [2.24, 2.45) is 5.41 Å². The van der Waals surface area contributed by atoms with Crippen LogP contribution in [0.3, 0.4) is 0 Å². The second-order valence-electron chi connectivity index (χ2n) is 11.5. The van der Waals surface area contributed by atoms with Crippen molar-refractivity contribution in [3.05, 3.63) is 82.7 Å². The second kappa shape index (κ2) is 13.5. The van der Waals surface area contributed by atoms with Crippen molar-refractivity contribution in [2.75, 3.05) is 14.2 Å². The summed E-state index contributed by atoms with van der Waals surface area (Å²) in [6.07, 6.45) is 7.61. The number of carbonyl (C=O) groups is 1. The Bertz CT molecular complexity index is 1360. The maximum absolute atomic E-state index is 15.5. The summed E-state index contributed by atoms with van der Waals surface area (Å²) in [6, 6.07) is 12.2. The molecule has 220 valence electrons. The fraction of sp³-hybridized carbons (Fsp3) is 0.441. The summed E-state index contributed by atoms with van der Waals surface area (Å²) < 4.78 is 61.1. The van der Waals surface area contributed by atoms with Gasteiger partial charge in [0.05, 0.1) is 14.2 Å². The lowest BCUT2D eigenvalue weighted by Gasteiger charge is -2.30. The van der Waals surface area contributed by atoms with Crippen LogP contribution in [-0.2, 0) is 22.6 Å². The van der Waals surface area contributed by atoms with Crippen LogP contribution in [0.1, 0.15) is 81.4 Å². The van der Waals surface area contributed by atoms with Gasteiger partial charge in [0.2, 0.25) is 0 Å². The number of methoxy groups -OCH3 is 2. The van der Waals surface area contributed by atoms with E-state index < -0.39 is 23.4 Å². The molecule has 2 fully saturated rings. The predicted octanol–water partition coefficient (Wildman–Crippen LogP) is 8.93. The number of hydrogen-bond acceptors (Lipinski definition) is 4. The van der Waals surface area contributed by atoms with E-state index in [-0.39, 0.29) is 47.7 Å². The lowest BCUT2D eigenvalue weighted by Crippen LogP contribution is -2.17. The molecule has 0 heterocycles. The van der Waals surface area contributed by atoms with E-state index in [9.17, 15) is 9.18 Å². The first-order valence-corrected chi connectivity index (χ1v) is 14.3. The Labute approximate surface area is 240 Å². The maximum atomic E-state index is 15.5. The van der Waals surface area contributed by atoms with Crippen LogP contribution in [0.25, 0.3) is 11.1 Å². The number of halogens is 3. The number of aryl methyl sites for hydroxylation is 1. The zero-order valence-corrected chi connectivity index (χ0v) is 24.3. The summed E-state index contributed by atoms with van der Waals surface area (Å²) in [6.45, 7) is 4.14. The molecular weight excluding hydrogens is 529 g/mol. The minimum Gasteiger partial charge on any atom is -0.497 e. The van der Waals surface area contributed by atoms with Crippen molar-refractivity contribution in [1.82, 2.24) is 0 Å². The van der Waals surface area contributed by atoms with Crippen LogP contribution in [0.15, 0.2) is 48.5 Å². The minimum atomic E-state index is -0.593. The molecule has 2 saturated carbocycles. The van der Waals surface area contributed by atoms with Gasteiger partial charge >= 0.3 is 5.97 Å². The SMILES string of the molecule is C1CC1.COC(=O)CCc1cccc(OCc2cc(C3CCCC3(C)C)c(-c3cc(OC)ccc3F)cc2F)c1F.